The number of ketones is 1. The first kappa shape index (κ1) is 13.4. The smallest absolute Gasteiger partial charge is 0.307 e. The van der Waals surface area contributed by atoms with Crippen LogP contribution in [0, 0.1) is 0 Å². The highest BCUT2D eigenvalue weighted by Crippen LogP contribution is 2.20. The zero-order chi connectivity index (χ0) is 12.1. The van der Waals surface area contributed by atoms with E-state index in [2.05, 4.69) is 31.9 Å². The highest BCUT2D eigenvalue weighted by atomic mass is 79.9. The first-order valence-electron chi connectivity index (χ1n) is 4.64. The largest absolute Gasteiger partial charge is 0.481 e. The van der Waals surface area contributed by atoms with Crippen LogP contribution in [0.5, 0.6) is 0 Å². The molecule has 0 aliphatic carbocycles. The second-order valence-electron chi connectivity index (χ2n) is 3.25. The van der Waals surface area contributed by atoms with Gasteiger partial charge in [-0.2, -0.15) is 0 Å². The summed E-state index contributed by atoms with van der Waals surface area (Å²) in [5.74, 6) is -0.850. The lowest BCUT2D eigenvalue weighted by Crippen LogP contribution is -2.04. The number of carboxylic acid groups (broad SMARTS) is 1. The second-order valence-corrected chi connectivity index (χ2v) is 4.89. The molecule has 86 valence electrons. The summed E-state index contributed by atoms with van der Waals surface area (Å²) in [6, 6.07) is 5.00. The predicted molar refractivity (Wildman–Crippen MR) is 68.2 cm³/mol. The number of hydrogen-bond acceptors (Lipinski definition) is 2. The van der Waals surface area contributed by atoms with Crippen molar-refractivity contribution in [2.24, 2.45) is 0 Å². The first-order chi connectivity index (χ1) is 7.54. The fraction of sp³-hybridized carbons (Fsp3) is 0.273. The molecule has 0 aromatic heterocycles. The van der Waals surface area contributed by atoms with Crippen molar-refractivity contribution in [3.63, 3.8) is 0 Å². The van der Waals surface area contributed by atoms with E-state index in [-0.39, 0.29) is 12.2 Å². The van der Waals surface area contributed by atoms with E-state index < -0.39 is 5.97 Å². The van der Waals surface area contributed by atoms with Crippen LogP contribution in [0.4, 0.5) is 0 Å². The number of aliphatic carboxylic acids is 1. The normalized spacial score (nSPS) is 10.1. The van der Waals surface area contributed by atoms with E-state index in [1.165, 1.54) is 0 Å². The highest BCUT2D eigenvalue weighted by molar-refractivity contribution is 9.10. The molecule has 0 saturated heterocycles. The van der Waals surface area contributed by atoms with Gasteiger partial charge < -0.3 is 5.11 Å². The number of hydrogen-bond donors (Lipinski definition) is 1. The highest BCUT2D eigenvalue weighted by Gasteiger charge is 2.10. The Kier molecular flexibility index (Phi) is 5.15. The first-order valence-corrected chi connectivity index (χ1v) is 6.55. The second kappa shape index (κ2) is 6.15. The van der Waals surface area contributed by atoms with Gasteiger partial charge in [-0.1, -0.05) is 37.9 Å². The maximum atomic E-state index is 11.6. The molecule has 0 amide bonds. The molecule has 1 N–H and O–H groups in total. The van der Waals surface area contributed by atoms with Crippen molar-refractivity contribution >= 4 is 43.6 Å². The molecule has 3 nitrogen and oxygen atoms in total. The van der Waals surface area contributed by atoms with Gasteiger partial charge in [0.2, 0.25) is 0 Å². The number of halogens is 2. The predicted octanol–water partition coefficient (Wildman–Crippen LogP) is 3.04. The molecule has 0 fully saturated rings. The molecular weight excluding hydrogens is 340 g/mol. The summed E-state index contributed by atoms with van der Waals surface area (Å²) in [5, 5.41) is 9.25. The molecule has 1 rings (SSSR count). The van der Waals surface area contributed by atoms with Gasteiger partial charge in [-0.3, -0.25) is 9.59 Å². The Morgan fingerprint density at radius 3 is 2.50 bits per heavy atom. The van der Waals surface area contributed by atoms with Gasteiger partial charge in [-0.15, -0.1) is 0 Å². The van der Waals surface area contributed by atoms with Crippen LogP contribution in [-0.2, 0) is 11.2 Å². The average molecular weight is 350 g/mol. The maximum Gasteiger partial charge on any atom is 0.307 e. The van der Waals surface area contributed by atoms with Gasteiger partial charge in [0.1, 0.15) is 0 Å². The average Bonchev–Trinajstić information content (AvgIpc) is 2.16. The molecule has 0 heterocycles. The Morgan fingerprint density at radius 2 is 2.00 bits per heavy atom. The topological polar surface area (TPSA) is 54.4 Å². The van der Waals surface area contributed by atoms with Gasteiger partial charge in [-0.05, 0) is 17.7 Å². The summed E-state index contributed by atoms with van der Waals surface area (Å²) in [6.45, 7) is 0. The zero-order valence-corrected chi connectivity index (χ0v) is 11.5. The van der Waals surface area contributed by atoms with E-state index in [1.807, 2.05) is 0 Å². The number of carbonyl (C=O) groups is 2. The van der Waals surface area contributed by atoms with Crippen LogP contribution in [0.25, 0.3) is 0 Å². The lowest BCUT2D eigenvalue weighted by Gasteiger charge is -2.04. The van der Waals surface area contributed by atoms with Crippen molar-refractivity contribution in [1.29, 1.82) is 0 Å². The zero-order valence-electron chi connectivity index (χ0n) is 8.37. The molecule has 1 aromatic carbocycles. The van der Waals surface area contributed by atoms with E-state index in [9.17, 15) is 9.59 Å². The number of carbonyl (C=O) groups excluding carboxylic acids is 1. The van der Waals surface area contributed by atoms with E-state index >= 15 is 0 Å². The van der Waals surface area contributed by atoms with Gasteiger partial charge >= 0.3 is 5.97 Å². The van der Waals surface area contributed by atoms with Crippen LogP contribution in [0.2, 0.25) is 0 Å². The minimum atomic E-state index is -0.883. The lowest BCUT2D eigenvalue weighted by atomic mass is 10.1. The minimum Gasteiger partial charge on any atom is -0.481 e. The summed E-state index contributed by atoms with van der Waals surface area (Å²) in [7, 11) is 0. The lowest BCUT2D eigenvalue weighted by molar-refractivity contribution is -0.136. The third-order valence-electron chi connectivity index (χ3n) is 2.01. The molecule has 0 aliphatic heterocycles. The molecule has 5 heteroatoms. The van der Waals surface area contributed by atoms with Crippen molar-refractivity contribution in [3.8, 4) is 0 Å². The number of benzene rings is 1. The van der Waals surface area contributed by atoms with Crippen LogP contribution in [0.15, 0.2) is 22.7 Å². The summed E-state index contributed by atoms with van der Waals surface area (Å²) in [6.07, 6.45) is 0.391. The molecule has 0 aliphatic rings. The molecule has 0 spiro atoms. The Labute approximate surface area is 110 Å². The van der Waals surface area contributed by atoms with Crippen LogP contribution in [-0.4, -0.2) is 22.2 Å². The van der Waals surface area contributed by atoms with Crippen LogP contribution >= 0.6 is 31.9 Å². The Bertz CT molecular complexity index is 416. The van der Waals surface area contributed by atoms with E-state index in [4.69, 9.17) is 5.11 Å². The summed E-state index contributed by atoms with van der Waals surface area (Å²) in [5.41, 5.74) is 1.27. The monoisotopic (exact) mass is 348 g/mol. The Hall–Kier alpha value is -0.680. The third kappa shape index (κ3) is 3.72. The van der Waals surface area contributed by atoms with E-state index in [0.29, 0.717) is 27.4 Å². The Morgan fingerprint density at radius 1 is 1.31 bits per heavy atom. The van der Waals surface area contributed by atoms with Crippen LogP contribution in [0.3, 0.4) is 0 Å². The standard InChI is InChI=1S/C11H10Br2O3/c12-4-3-10(14)8-2-1-7(5-9(8)13)6-11(15)16/h1-2,5H,3-4,6H2,(H,15,16). The molecule has 0 saturated carbocycles. The van der Waals surface area contributed by atoms with Crippen molar-refractivity contribution in [2.45, 2.75) is 12.8 Å². The third-order valence-corrected chi connectivity index (χ3v) is 3.06. The Balaban J connectivity index is 2.91. The van der Waals surface area contributed by atoms with Crippen LogP contribution < -0.4 is 0 Å². The van der Waals surface area contributed by atoms with Crippen molar-refractivity contribution in [2.75, 3.05) is 5.33 Å². The fourth-order valence-corrected chi connectivity index (χ4v) is 2.30. The van der Waals surface area contributed by atoms with Gasteiger partial charge in [-0.25, -0.2) is 0 Å². The van der Waals surface area contributed by atoms with Gasteiger partial charge in [0.15, 0.2) is 5.78 Å². The maximum absolute atomic E-state index is 11.6. The number of rotatable bonds is 5. The molecule has 0 bridgehead atoms. The van der Waals surface area contributed by atoms with Gasteiger partial charge in [0.25, 0.3) is 0 Å². The number of alkyl halides is 1. The van der Waals surface area contributed by atoms with Crippen LogP contribution in [0.1, 0.15) is 22.3 Å². The molecule has 16 heavy (non-hydrogen) atoms. The van der Waals surface area contributed by atoms with Gasteiger partial charge in [0.05, 0.1) is 6.42 Å². The molecule has 1 aromatic rings. The fourth-order valence-electron chi connectivity index (χ4n) is 1.29. The molecule has 0 unspecified atom stereocenters. The van der Waals surface area contributed by atoms with E-state index in [0.717, 1.165) is 0 Å². The summed E-state index contributed by atoms with van der Waals surface area (Å²) >= 11 is 6.48. The SMILES string of the molecule is O=C(O)Cc1ccc(C(=O)CCBr)c(Br)c1. The van der Waals surface area contributed by atoms with Crippen molar-refractivity contribution in [3.05, 3.63) is 33.8 Å². The van der Waals surface area contributed by atoms with Crippen molar-refractivity contribution < 1.29 is 14.7 Å². The molecular formula is C11H10Br2O3. The minimum absolute atomic E-state index is 0.0330. The van der Waals surface area contributed by atoms with E-state index in [1.54, 1.807) is 18.2 Å². The van der Waals surface area contributed by atoms with Gasteiger partial charge in [0, 0.05) is 21.8 Å². The quantitative estimate of drug-likeness (QED) is 0.656. The number of carboxylic acids is 1. The molecule has 0 atom stereocenters. The molecule has 0 radical (unpaired) electrons. The summed E-state index contributed by atoms with van der Waals surface area (Å²) < 4.78 is 0.650. The van der Waals surface area contributed by atoms with Crippen molar-refractivity contribution in [1.82, 2.24) is 0 Å². The number of Topliss-reactive ketones (excluding diaryl/α,β-unsaturated/α-hetero) is 1. The summed E-state index contributed by atoms with van der Waals surface area (Å²) in [4.78, 5) is 22.1.